The minimum Gasteiger partial charge on any atom is -0.546 e. The first kappa shape index (κ1) is 24.4. The maximum Gasteiger partial charge on any atom is 1.00 e. The van der Waals surface area contributed by atoms with E-state index in [2.05, 4.69) is 0 Å². The van der Waals surface area contributed by atoms with Crippen LogP contribution in [-0.2, 0) is 20.8 Å². The number of carboxylic acids is 1. The molecule has 0 bridgehead atoms. The van der Waals surface area contributed by atoms with Gasteiger partial charge in [-0.15, -0.1) is 0 Å². The fraction of sp³-hybridized carbons (Fsp3) is 0.235. The van der Waals surface area contributed by atoms with Crippen LogP contribution in [0, 0.1) is 5.82 Å². The quantitative estimate of drug-likeness (QED) is 0.455. The molecule has 0 heterocycles. The van der Waals surface area contributed by atoms with Gasteiger partial charge in [0.15, 0.2) is 9.84 Å². The number of alkyl halides is 3. The second-order valence-corrected chi connectivity index (χ2v) is 7.69. The van der Waals surface area contributed by atoms with Crippen LogP contribution >= 0.6 is 0 Å². The van der Waals surface area contributed by atoms with E-state index in [0.29, 0.717) is 18.2 Å². The van der Waals surface area contributed by atoms with Crippen molar-refractivity contribution >= 4 is 15.8 Å². The minimum absolute atomic E-state index is 0. The predicted molar refractivity (Wildman–Crippen MR) is 85.1 cm³/mol. The summed E-state index contributed by atoms with van der Waals surface area (Å²) in [6.07, 6.45) is -4.73. The fourth-order valence-electron chi connectivity index (χ4n) is 2.25. The van der Waals surface area contributed by atoms with Crippen LogP contribution in [0.25, 0.3) is 11.1 Å². The Kier molecular flexibility index (Phi) is 8.07. The largest absolute Gasteiger partial charge is 1.00 e. The van der Waals surface area contributed by atoms with Crippen LogP contribution in [0.1, 0.15) is 12.5 Å². The zero-order valence-corrected chi connectivity index (χ0v) is 17.7. The van der Waals surface area contributed by atoms with E-state index >= 15 is 0 Å². The molecule has 146 valence electrons. The molecule has 2 aromatic rings. The predicted octanol–water partition coefficient (Wildman–Crippen LogP) is -0.562. The van der Waals surface area contributed by atoms with E-state index < -0.39 is 40.0 Å². The Balaban J connectivity index is 0.00000392. The summed E-state index contributed by atoms with van der Waals surface area (Å²) in [6.45, 7) is 0.405. The van der Waals surface area contributed by atoms with Crippen LogP contribution in [0.2, 0.25) is 0 Å². The third-order valence-electron chi connectivity index (χ3n) is 3.62. The third-order valence-corrected chi connectivity index (χ3v) is 5.35. The summed E-state index contributed by atoms with van der Waals surface area (Å²) in [7, 11) is -3.72. The summed E-state index contributed by atoms with van der Waals surface area (Å²) in [4.78, 5) is 10.2. The SMILES string of the molecule is CCS(=O)(=O)c1ccc(-c2cc(C(F)(F)F)ccc2OCC(=O)[O-])c(F)c1.[Na+]. The molecule has 11 heteroatoms. The molecular formula is C17H13F4NaO5S. The molecule has 0 N–H and O–H groups in total. The molecule has 0 radical (unpaired) electrons. The standard InChI is InChI=1S/C17H14F4O5S.Na/c1-2-27(24,25)11-4-5-12(14(18)8-11)13-7-10(17(19,20)21)3-6-15(13)26-9-16(22)23;/h3-8H,2,9H2,1H3,(H,22,23);/q;+1/p-1. The van der Waals surface area contributed by atoms with Gasteiger partial charge in [0.05, 0.1) is 22.2 Å². The van der Waals surface area contributed by atoms with Crippen molar-refractivity contribution in [2.24, 2.45) is 0 Å². The second kappa shape index (κ2) is 9.25. The van der Waals surface area contributed by atoms with Crippen LogP contribution in [0.5, 0.6) is 5.75 Å². The van der Waals surface area contributed by atoms with Crippen molar-refractivity contribution in [2.45, 2.75) is 18.0 Å². The molecular weight excluding hydrogens is 415 g/mol. The fourth-order valence-corrected chi connectivity index (χ4v) is 3.15. The molecule has 0 saturated carbocycles. The van der Waals surface area contributed by atoms with Gasteiger partial charge >= 0.3 is 35.7 Å². The number of sulfone groups is 1. The number of halogens is 4. The number of carbonyl (C=O) groups excluding carboxylic acids is 1. The Bertz CT molecular complexity index is 974. The maximum atomic E-state index is 14.5. The van der Waals surface area contributed by atoms with E-state index in [1.807, 2.05) is 0 Å². The molecule has 28 heavy (non-hydrogen) atoms. The van der Waals surface area contributed by atoms with Crippen LogP contribution in [-0.4, -0.2) is 26.7 Å². The first-order valence-electron chi connectivity index (χ1n) is 7.52. The van der Waals surface area contributed by atoms with Crippen LogP contribution < -0.4 is 39.4 Å². The van der Waals surface area contributed by atoms with Crippen LogP contribution in [0.15, 0.2) is 41.3 Å². The van der Waals surface area contributed by atoms with E-state index in [0.717, 1.165) is 18.2 Å². The first-order valence-corrected chi connectivity index (χ1v) is 9.17. The van der Waals surface area contributed by atoms with E-state index in [9.17, 15) is 35.9 Å². The minimum atomic E-state index is -4.73. The molecule has 0 unspecified atom stereocenters. The second-order valence-electron chi connectivity index (χ2n) is 5.41. The number of carbonyl (C=O) groups is 1. The zero-order chi connectivity index (χ0) is 20.4. The molecule has 5 nitrogen and oxygen atoms in total. The number of rotatable bonds is 6. The van der Waals surface area contributed by atoms with Gasteiger partial charge in [-0.25, -0.2) is 12.8 Å². The molecule has 0 aliphatic rings. The molecule has 2 aromatic carbocycles. The van der Waals surface area contributed by atoms with Gasteiger partial charge in [0.2, 0.25) is 0 Å². The molecule has 0 aliphatic heterocycles. The Morgan fingerprint density at radius 3 is 2.25 bits per heavy atom. The summed E-state index contributed by atoms with van der Waals surface area (Å²) in [6, 6.07) is 4.85. The van der Waals surface area contributed by atoms with Crippen molar-refractivity contribution in [2.75, 3.05) is 12.4 Å². The van der Waals surface area contributed by atoms with Gasteiger partial charge in [-0.3, -0.25) is 0 Å². The van der Waals surface area contributed by atoms with Crippen molar-refractivity contribution in [1.29, 1.82) is 0 Å². The van der Waals surface area contributed by atoms with Crippen molar-refractivity contribution < 1.29 is 70.2 Å². The normalized spacial score (nSPS) is 11.6. The summed E-state index contributed by atoms with van der Waals surface area (Å²) >= 11 is 0. The number of hydrogen-bond acceptors (Lipinski definition) is 5. The third kappa shape index (κ3) is 5.69. The van der Waals surface area contributed by atoms with E-state index in [1.165, 1.54) is 6.92 Å². The van der Waals surface area contributed by atoms with E-state index in [1.54, 1.807) is 0 Å². The Hall–Kier alpha value is -1.62. The Labute approximate surface area is 180 Å². The maximum absolute atomic E-state index is 14.5. The smallest absolute Gasteiger partial charge is 0.546 e. The number of benzene rings is 2. The topological polar surface area (TPSA) is 83.5 Å². The van der Waals surface area contributed by atoms with E-state index in [4.69, 9.17) is 4.74 Å². The number of hydrogen-bond donors (Lipinski definition) is 0. The number of aliphatic carboxylic acids is 1. The average molecular weight is 428 g/mol. The molecule has 0 aliphatic carbocycles. The van der Waals surface area contributed by atoms with E-state index in [-0.39, 0.29) is 57.1 Å². The molecule has 0 spiro atoms. The van der Waals surface area contributed by atoms with Gasteiger partial charge in [0.25, 0.3) is 0 Å². The molecule has 0 amide bonds. The Morgan fingerprint density at radius 2 is 1.75 bits per heavy atom. The Morgan fingerprint density at radius 1 is 1.11 bits per heavy atom. The number of ether oxygens (including phenoxy) is 1. The van der Waals surface area contributed by atoms with Gasteiger partial charge < -0.3 is 14.6 Å². The summed E-state index contributed by atoms with van der Waals surface area (Å²) < 4.78 is 81.9. The van der Waals surface area contributed by atoms with Crippen LogP contribution in [0.3, 0.4) is 0 Å². The summed E-state index contributed by atoms with van der Waals surface area (Å²) in [5, 5.41) is 10.5. The summed E-state index contributed by atoms with van der Waals surface area (Å²) in [5.41, 5.74) is -1.85. The van der Waals surface area contributed by atoms with Gasteiger partial charge in [-0.2, -0.15) is 13.2 Å². The molecule has 0 aromatic heterocycles. The molecule has 0 saturated heterocycles. The van der Waals surface area contributed by atoms with Gasteiger partial charge in [-0.1, -0.05) is 13.0 Å². The van der Waals surface area contributed by atoms with Crippen molar-refractivity contribution in [3.63, 3.8) is 0 Å². The summed E-state index contributed by atoms with van der Waals surface area (Å²) in [5.74, 6) is -3.32. The molecule has 2 rings (SSSR count). The van der Waals surface area contributed by atoms with Crippen LogP contribution in [0.4, 0.5) is 17.6 Å². The van der Waals surface area contributed by atoms with Crippen molar-refractivity contribution in [3.05, 3.63) is 47.8 Å². The average Bonchev–Trinajstić information content (AvgIpc) is 2.59. The zero-order valence-electron chi connectivity index (χ0n) is 14.8. The van der Waals surface area contributed by atoms with Crippen molar-refractivity contribution in [3.8, 4) is 16.9 Å². The molecule has 0 atom stereocenters. The molecule has 0 fully saturated rings. The van der Waals surface area contributed by atoms with Gasteiger partial charge in [0, 0.05) is 11.1 Å². The first-order chi connectivity index (χ1) is 12.5. The van der Waals surface area contributed by atoms with Gasteiger partial charge in [0.1, 0.15) is 18.2 Å². The number of carboxylic acid groups (broad SMARTS) is 1. The van der Waals surface area contributed by atoms with Gasteiger partial charge in [-0.05, 0) is 30.3 Å². The monoisotopic (exact) mass is 428 g/mol. The van der Waals surface area contributed by atoms with Crippen molar-refractivity contribution in [1.82, 2.24) is 0 Å².